The van der Waals surface area contributed by atoms with Crippen LogP contribution in [-0.4, -0.2) is 82.2 Å². The predicted molar refractivity (Wildman–Crippen MR) is 132 cm³/mol. The minimum atomic E-state index is -0.313. The average molecular weight is 484 g/mol. The number of benzene rings is 2. The Morgan fingerprint density at radius 2 is 1.77 bits per heavy atom. The zero-order valence-corrected chi connectivity index (χ0v) is 20.9. The van der Waals surface area contributed by atoms with Crippen LogP contribution in [0.2, 0.25) is 0 Å². The van der Waals surface area contributed by atoms with Crippen LogP contribution < -0.4 is 9.47 Å². The van der Waals surface area contributed by atoms with Gasteiger partial charge in [0.25, 0.3) is 5.91 Å². The first kappa shape index (κ1) is 26.2. The number of carbonyl (C=O) groups is 2. The molecule has 9 heteroatoms. The lowest BCUT2D eigenvalue weighted by atomic mass is 9.97. The largest absolute Gasteiger partial charge is 0.497 e. The van der Waals surface area contributed by atoms with E-state index in [1.807, 2.05) is 43.3 Å². The maximum Gasteiger partial charge on any atom is 0.262 e. The Hall–Kier alpha value is -3.43. The Bertz CT molecular complexity index is 1050. The zero-order valence-electron chi connectivity index (χ0n) is 20.9. The highest BCUT2D eigenvalue weighted by molar-refractivity contribution is 6.05. The minimum absolute atomic E-state index is 0.115. The topological polar surface area (TPSA) is 89.9 Å². The van der Waals surface area contributed by atoms with E-state index >= 15 is 0 Å². The molecule has 188 valence electrons. The van der Waals surface area contributed by atoms with Crippen LogP contribution in [0.15, 0.2) is 47.6 Å². The van der Waals surface area contributed by atoms with Crippen molar-refractivity contribution < 1.29 is 28.5 Å². The third-order valence-corrected chi connectivity index (χ3v) is 5.86. The second-order valence-corrected chi connectivity index (χ2v) is 8.22. The maximum atomic E-state index is 13.5. The fraction of sp³-hybridized carbons (Fsp3) is 0.423. The quantitative estimate of drug-likeness (QED) is 0.488. The van der Waals surface area contributed by atoms with Crippen LogP contribution in [0.3, 0.4) is 0 Å². The number of hydrazone groups is 1. The molecule has 2 aromatic carbocycles. The molecule has 1 atom stereocenters. The predicted octanol–water partition coefficient (Wildman–Crippen LogP) is 2.81. The molecule has 0 saturated heterocycles. The molecule has 0 fully saturated rings. The first-order valence-corrected chi connectivity index (χ1v) is 11.4. The third kappa shape index (κ3) is 6.37. The van der Waals surface area contributed by atoms with Gasteiger partial charge < -0.3 is 23.8 Å². The van der Waals surface area contributed by atoms with Crippen LogP contribution in [-0.2, 0) is 19.1 Å². The van der Waals surface area contributed by atoms with Crippen molar-refractivity contribution in [1.29, 1.82) is 0 Å². The number of hydrogen-bond donors (Lipinski definition) is 0. The first-order chi connectivity index (χ1) is 16.9. The molecule has 0 bridgehead atoms. The molecule has 1 heterocycles. The van der Waals surface area contributed by atoms with Crippen LogP contribution in [0, 0.1) is 6.92 Å². The standard InChI is InChI=1S/C26H33N3O6/c1-18-6-8-19(9-7-18)23-15-22(21-11-10-20(34-4)14-24(21)35-5)27-29(23)25(30)16-28(12-13-32-2)26(31)17-33-3/h6-11,14,23H,12-13,15-17H2,1-5H3. The number of methoxy groups -OCH3 is 4. The van der Waals surface area contributed by atoms with Crippen molar-refractivity contribution in [2.24, 2.45) is 5.10 Å². The van der Waals surface area contributed by atoms with Gasteiger partial charge in [-0.2, -0.15) is 5.10 Å². The molecule has 1 aliphatic heterocycles. The Kier molecular flexibility index (Phi) is 9.22. The van der Waals surface area contributed by atoms with Crippen LogP contribution in [0.1, 0.15) is 29.2 Å². The van der Waals surface area contributed by atoms with Gasteiger partial charge in [-0.15, -0.1) is 0 Å². The molecular formula is C26H33N3O6. The van der Waals surface area contributed by atoms with Crippen molar-refractivity contribution >= 4 is 17.5 Å². The lowest BCUT2D eigenvalue weighted by molar-refractivity contribution is -0.144. The molecule has 0 spiro atoms. The van der Waals surface area contributed by atoms with Crippen LogP contribution in [0.5, 0.6) is 11.5 Å². The van der Waals surface area contributed by atoms with Gasteiger partial charge in [0.2, 0.25) is 5.91 Å². The summed E-state index contributed by atoms with van der Waals surface area (Å²) in [5.41, 5.74) is 3.59. The van der Waals surface area contributed by atoms with E-state index in [2.05, 4.69) is 0 Å². The van der Waals surface area contributed by atoms with Gasteiger partial charge in [-0.25, -0.2) is 5.01 Å². The van der Waals surface area contributed by atoms with Crippen molar-refractivity contribution in [2.75, 3.05) is 54.7 Å². The fourth-order valence-corrected chi connectivity index (χ4v) is 3.93. The summed E-state index contributed by atoms with van der Waals surface area (Å²) in [5.74, 6) is 0.693. The number of ether oxygens (including phenoxy) is 4. The molecule has 0 N–H and O–H groups in total. The highest BCUT2D eigenvalue weighted by Crippen LogP contribution is 2.36. The molecule has 0 aliphatic carbocycles. The molecule has 2 aromatic rings. The van der Waals surface area contributed by atoms with Gasteiger partial charge in [0.05, 0.1) is 32.6 Å². The van der Waals surface area contributed by atoms with Gasteiger partial charge in [-0.05, 0) is 24.6 Å². The van der Waals surface area contributed by atoms with Gasteiger partial charge in [-0.1, -0.05) is 29.8 Å². The summed E-state index contributed by atoms with van der Waals surface area (Å²) in [6.45, 7) is 2.35. The lowest BCUT2D eigenvalue weighted by Crippen LogP contribution is -2.44. The minimum Gasteiger partial charge on any atom is -0.497 e. The van der Waals surface area contributed by atoms with E-state index in [0.29, 0.717) is 24.5 Å². The van der Waals surface area contributed by atoms with Crippen molar-refractivity contribution in [3.8, 4) is 11.5 Å². The SMILES string of the molecule is COCCN(CC(=O)N1N=C(c2ccc(OC)cc2OC)CC1c1ccc(C)cc1)C(=O)COC. The molecule has 35 heavy (non-hydrogen) atoms. The second kappa shape index (κ2) is 12.3. The molecule has 0 aromatic heterocycles. The van der Waals surface area contributed by atoms with E-state index < -0.39 is 0 Å². The number of hydrogen-bond acceptors (Lipinski definition) is 7. The van der Waals surface area contributed by atoms with Gasteiger partial charge in [0.1, 0.15) is 24.7 Å². The van der Waals surface area contributed by atoms with E-state index in [0.717, 1.165) is 22.4 Å². The average Bonchev–Trinajstić information content (AvgIpc) is 3.32. The number of rotatable bonds is 11. The van der Waals surface area contributed by atoms with Gasteiger partial charge in [0.15, 0.2) is 0 Å². The molecule has 0 saturated carbocycles. The fourth-order valence-electron chi connectivity index (χ4n) is 3.93. The second-order valence-electron chi connectivity index (χ2n) is 8.22. The number of carbonyl (C=O) groups excluding carboxylic acids is 2. The molecule has 0 radical (unpaired) electrons. The molecule has 1 aliphatic rings. The molecule has 2 amide bonds. The Balaban J connectivity index is 1.95. The lowest BCUT2D eigenvalue weighted by Gasteiger charge is -2.27. The van der Waals surface area contributed by atoms with Gasteiger partial charge in [0, 0.05) is 38.8 Å². The summed E-state index contributed by atoms with van der Waals surface area (Å²) < 4.78 is 21.0. The van der Waals surface area contributed by atoms with Crippen molar-refractivity contribution in [2.45, 2.75) is 19.4 Å². The molecule has 1 unspecified atom stereocenters. The first-order valence-electron chi connectivity index (χ1n) is 11.4. The number of amides is 2. The van der Waals surface area contributed by atoms with Crippen LogP contribution in [0.25, 0.3) is 0 Å². The monoisotopic (exact) mass is 483 g/mol. The summed E-state index contributed by atoms with van der Waals surface area (Å²) in [5, 5.41) is 6.20. The van der Waals surface area contributed by atoms with E-state index in [1.165, 1.54) is 17.0 Å². The van der Waals surface area contributed by atoms with Crippen LogP contribution in [0.4, 0.5) is 0 Å². The summed E-state index contributed by atoms with van der Waals surface area (Å²) in [6, 6.07) is 13.2. The zero-order chi connectivity index (χ0) is 25.4. The summed E-state index contributed by atoms with van der Waals surface area (Å²) in [6.07, 6.45) is 0.502. The molecule has 9 nitrogen and oxygen atoms in total. The van der Waals surface area contributed by atoms with Crippen LogP contribution >= 0.6 is 0 Å². The van der Waals surface area contributed by atoms with Gasteiger partial charge in [-0.3, -0.25) is 9.59 Å². The molecule has 3 rings (SSSR count). The number of aryl methyl sites for hydroxylation is 1. The highest BCUT2D eigenvalue weighted by atomic mass is 16.5. The summed E-state index contributed by atoms with van der Waals surface area (Å²) in [7, 11) is 6.17. The van der Waals surface area contributed by atoms with Gasteiger partial charge >= 0.3 is 0 Å². The summed E-state index contributed by atoms with van der Waals surface area (Å²) in [4.78, 5) is 27.5. The van der Waals surface area contributed by atoms with E-state index in [1.54, 1.807) is 27.4 Å². The van der Waals surface area contributed by atoms with Crippen molar-refractivity contribution in [3.05, 3.63) is 59.2 Å². The number of nitrogens with zero attached hydrogens (tertiary/aromatic N) is 3. The maximum absolute atomic E-state index is 13.5. The molecular weight excluding hydrogens is 450 g/mol. The third-order valence-electron chi connectivity index (χ3n) is 5.86. The van der Waals surface area contributed by atoms with Crippen molar-refractivity contribution in [3.63, 3.8) is 0 Å². The van der Waals surface area contributed by atoms with E-state index in [-0.39, 0.29) is 37.6 Å². The smallest absolute Gasteiger partial charge is 0.262 e. The Labute approximate surface area is 206 Å². The summed E-state index contributed by atoms with van der Waals surface area (Å²) >= 11 is 0. The Morgan fingerprint density at radius 1 is 1.03 bits per heavy atom. The highest BCUT2D eigenvalue weighted by Gasteiger charge is 2.35. The van der Waals surface area contributed by atoms with Crippen molar-refractivity contribution in [1.82, 2.24) is 9.91 Å². The van der Waals surface area contributed by atoms with E-state index in [9.17, 15) is 9.59 Å². The van der Waals surface area contributed by atoms with E-state index in [4.69, 9.17) is 24.0 Å². The normalized spacial score (nSPS) is 15.1. The Morgan fingerprint density at radius 3 is 2.40 bits per heavy atom.